The van der Waals surface area contributed by atoms with Gasteiger partial charge >= 0.3 is 0 Å². The van der Waals surface area contributed by atoms with Crippen LogP contribution in [0.3, 0.4) is 0 Å². The zero-order valence-electron chi connectivity index (χ0n) is 15.1. The van der Waals surface area contributed by atoms with Gasteiger partial charge in [0.1, 0.15) is 0 Å². The van der Waals surface area contributed by atoms with Crippen LogP contribution in [-0.2, 0) is 21.4 Å². The Labute approximate surface area is 155 Å². The standard InChI is InChI=1S/C17H26ClN3O3S/c1-12(2)14-10-21(11-16(14)19-25(23,24)20(3)4)17(22)9-13-7-5-6-8-15(13)18/h5-8,12,14,16,19H,9-11H2,1-4H3/t14-,16+/m0/s1. The van der Waals surface area contributed by atoms with E-state index in [-0.39, 0.29) is 30.2 Å². The number of amides is 1. The van der Waals surface area contributed by atoms with E-state index >= 15 is 0 Å². The summed E-state index contributed by atoms with van der Waals surface area (Å²) in [5, 5.41) is 0.570. The van der Waals surface area contributed by atoms with Crippen LogP contribution in [0.4, 0.5) is 0 Å². The van der Waals surface area contributed by atoms with E-state index in [0.29, 0.717) is 18.1 Å². The molecule has 0 unspecified atom stereocenters. The van der Waals surface area contributed by atoms with Gasteiger partial charge in [0.2, 0.25) is 5.91 Å². The van der Waals surface area contributed by atoms with Crippen LogP contribution in [0.1, 0.15) is 19.4 Å². The highest BCUT2D eigenvalue weighted by molar-refractivity contribution is 7.87. The first-order chi connectivity index (χ1) is 11.6. The second-order valence-corrected chi connectivity index (χ2v) is 9.31. The summed E-state index contributed by atoms with van der Waals surface area (Å²) < 4.78 is 28.2. The van der Waals surface area contributed by atoms with Crippen LogP contribution in [0, 0.1) is 11.8 Å². The molecule has 0 aromatic heterocycles. The molecule has 0 spiro atoms. The van der Waals surface area contributed by atoms with E-state index in [0.717, 1.165) is 9.87 Å². The van der Waals surface area contributed by atoms with Crippen molar-refractivity contribution in [1.29, 1.82) is 0 Å². The van der Waals surface area contributed by atoms with Gasteiger partial charge in [-0.1, -0.05) is 43.6 Å². The van der Waals surface area contributed by atoms with Crippen LogP contribution in [0.5, 0.6) is 0 Å². The SMILES string of the molecule is CC(C)[C@@H]1CN(C(=O)Cc2ccccc2Cl)C[C@H]1NS(=O)(=O)N(C)C. The molecule has 1 N–H and O–H groups in total. The first-order valence-electron chi connectivity index (χ1n) is 8.32. The fraction of sp³-hybridized carbons (Fsp3) is 0.588. The Morgan fingerprint density at radius 2 is 1.96 bits per heavy atom. The molecule has 25 heavy (non-hydrogen) atoms. The lowest BCUT2D eigenvalue weighted by Gasteiger charge is -2.24. The molecule has 1 aromatic rings. The van der Waals surface area contributed by atoms with Crippen LogP contribution in [0.2, 0.25) is 5.02 Å². The molecule has 0 aliphatic carbocycles. The monoisotopic (exact) mass is 387 g/mol. The summed E-state index contributed by atoms with van der Waals surface area (Å²) in [7, 11) is -0.562. The molecule has 1 aromatic carbocycles. The van der Waals surface area contributed by atoms with Gasteiger partial charge in [-0.05, 0) is 23.5 Å². The molecular formula is C17H26ClN3O3S. The lowest BCUT2D eigenvalue weighted by atomic mass is 9.92. The number of benzene rings is 1. The van der Waals surface area contributed by atoms with E-state index in [2.05, 4.69) is 4.72 Å². The maximum Gasteiger partial charge on any atom is 0.279 e. The second-order valence-electron chi connectivity index (χ2n) is 6.99. The topological polar surface area (TPSA) is 69.7 Å². The molecule has 2 rings (SSSR count). The minimum Gasteiger partial charge on any atom is -0.340 e. The molecule has 1 saturated heterocycles. The summed E-state index contributed by atoms with van der Waals surface area (Å²) in [5.41, 5.74) is 0.785. The molecule has 1 aliphatic rings. The van der Waals surface area contributed by atoms with Crippen LogP contribution in [0.25, 0.3) is 0 Å². The van der Waals surface area contributed by atoms with Crippen molar-refractivity contribution in [3.05, 3.63) is 34.9 Å². The van der Waals surface area contributed by atoms with Gasteiger partial charge in [0.05, 0.1) is 6.42 Å². The lowest BCUT2D eigenvalue weighted by molar-refractivity contribution is -0.129. The van der Waals surface area contributed by atoms with Gasteiger partial charge in [-0.3, -0.25) is 4.79 Å². The van der Waals surface area contributed by atoms with E-state index < -0.39 is 10.2 Å². The number of nitrogens with zero attached hydrogens (tertiary/aromatic N) is 2. The third-order valence-electron chi connectivity index (χ3n) is 4.65. The Balaban J connectivity index is 2.11. The second kappa shape index (κ2) is 8.03. The Hall–Kier alpha value is -1.15. The van der Waals surface area contributed by atoms with E-state index in [9.17, 15) is 13.2 Å². The third-order valence-corrected chi connectivity index (χ3v) is 6.59. The maximum atomic E-state index is 12.7. The molecule has 0 bridgehead atoms. The number of halogens is 1. The summed E-state index contributed by atoms with van der Waals surface area (Å²) in [6, 6.07) is 6.99. The van der Waals surface area contributed by atoms with Crippen LogP contribution in [0.15, 0.2) is 24.3 Å². The zero-order valence-corrected chi connectivity index (χ0v) is 16.6. The average molecular weight is 388 g/mol. The predicted octanol–water partition coefficient (Wildman–Crippen LogP) is 1.76. The molecule has 1 amide bonds. The van der Waals surface area contributed by atoms with Crippen molar-refractivity contribution in [3.63, 3.8) is 0 Å². The summed E-state index contributed by atoms with van der Waals surface area (Å²) in [6.45, 7) is 5.01. The number of nitrogens with one attached hydrogen (secondary N) is 1. The Bertz CT molecular complexity index is 722. The molecule has 0 radical (unpaired) electrons. The van der Waals surface area contributed by atoms with E-state index in [1.54, 1.807) is 11.0 Å². The minimum atomic E-state index is -3.54. The van der Waals surface area contributed by atoms with Gasteiger partial charge in [0.25, 0.3) is 10.2 Å². The molecule has 0 saturated carbocycles. The van der Waals surface area contributed by atoms with Gasteiger partial charge < -0.3 is 4.90 Å². The van der Waals surface area contributed by atoms with E-state index in [1.165, 1.54) is 14.1 Å². The number of carbonyl (C=O) groups is 1. The highest BCUT2D eigenvalue weighted by Crippen LogP contribution is 2.26. The summed E-state index contributed by atoms with van der Waals surface area (Å²) >= 11 is 6.14. The van der Waals surface area contributed by atoms with Gasteiger partial charge in [-0.15, -0.1) is 0 Å². The molecule has 1 aliphatic heterocycles. The van der Waals surface area contributed by atoms with Crippen molar-refractivity contribution in [2.75, 3.05) is 27.2 Å². The largest absolute Gasteiger partial charge is 0.340 e. The van der Waals surface area contributed by atoms with Crippen molar-refractivity contribution in [1.82, 2.24) is 13.9 Å². The Morgan fingerprint density at radius 1 is 1.32 bits per heavy atom. The highest BCUT2D eigenvalue weighted by atomic mass is 35.5. The molecule has 6 nitrogen and oxygen atoms in total. The maximum absolute atomic E-state index is 12.7. The lowest BCUT2D eigenvalue weighted by Crippen LogP contribution is -2.46. The molecule has 8 heteroatoms. The van der Waals surface area contributed by atoms with Gasteiger partial charge in [-0.2, -0.15) is 17.4 Å². The number of hydrogen-bond donors (Lipinski definition) is 1. The fourth-order valence-corrected chi connectivity index (χ4v) is 4.09. The minimum absolute atomic E-state index is 0.0368. The first-order valence-corrected chi connectivity index (χ1v) is 10.1. The van der Waals surface area contributed by atoms with E-state index in [4.69, 9.17) is 11.6 Å². The predicted molar refractivity (Wildman–Crippen MR) is 99.6 cm³/mol. The molecule has 1 heterocycles. The van der Waals surface area contributed by atoms with E-state index in [1.807, 2.05) is 32.0 Å². The van der Waals surface area contributed by atoms with Crippen LogP contribution in [-0.4, -0.2) is 56.8 Å². The van der Waals surface area contributed by atoms with Crippen LogP contribution >= 0.6 is 11.6 Å². The van der Waals surface area contributed by atoms with Crippen molar-refractivity contribution < 1.29 is 13.2 Å². The Morgan fingerprint density at radius 3 is 2.52 bits per heavy atom. The summed E-state index contributed by atoms with van der Waals surface area (Å²) in [6.07, 6.45) is 0.220. The number of rotatable bonds is 6. The number of hydrogen-bond acceptors (Lipinski definition) is 3. The van der Waals surface area contributed by atoms with Crippen molar-refractivity contribution in [3.8, 4) is 0 Å². The number of carbonyl (C=O) groups excluding carboxylic acids is 1. The fourth-order valence-electron chi connectivity index (χ4n) is 3.05. The quantitative estimate of drug-likeness (QED) is 0.808. The molecule has 2 atom stereocenters. The highest BCUT2D eigenvalue weighted by Gasteiger charge is 2.39. The van der Waals surface area contributed by atoms with Crippen molar-refractivity contribution >= 4 is 27.7 Å². The normalized spacial score (nSPS) is 21.3. The molecule has 140 valence electrons. The zero-order chi connectivity index (χ0) is 18.8. The average Bonchev–Trinajstić information content (AvgIpc) is 2.93. The van der Waals surface area contributed by atoms with Gasteiger partial charge in [-0.25, -0.2) is 0 Å². The van der Waals surface area contributed by atoms with Crippen molar-refractivity contribution in [2.45, 2.75) is 26.3 Å². The smallest absolute Gasteiger partial charge is 0.279 e. The van der Waals surface area contributed by atoms with Gasteiger partial charge in [0.15, 0.2) is 0 Å². The number of likely N-dealkylation sites (tertiary alicyclic amines) is 1. The molecule has 1 fully saturated rings. The first kappa shape index (κ1) is 20.2. The molecular weight excluding hydrogens is 362 g/mol. The third kappa shape index (κ3) is 4.94. The van der Waals surface area contributed by atoms with Crippen molar-refractivity contribution in [2.24, 2.45) is 11.8 Å². The van der Waals surface area contributed by atoms with Gasteiger partial charge in [0, 0.05) is 38.2 Å². The van der Waals surface area contributed by atoms with Crippen LogP contribution < -0.4 is 4.72 Å². The Kier molecular flexibility index (Phi) is 6.48. The summed E-state index contributed by atoms with van der Waals surface area (Å²) in [5.74, 6) is 0.295. The summed E-state index contributed by atoms with van der Waals surface area (Å²) in [4.78, 5) is 14.4.